The summed E-state index contributed by atoms with van der Waals surface area (Å²) >= 11 is 0. The van der Waals surface area contributed by atoms with E-state index in [0.29, 0.717) is 17.9 Å². The minimum atomic E-state index is 0.311. The van der Waals surface area contributed by atoms with Crippen LogP contribution in [0.25, 0.3) is 0 Å². The molecule has 0 radical (unpaired) electrons. The number of carbonyl (C=O) groups is 1. The van der Waals surface area contributed by atoms with Crippen molar-refractivity contribution in [3.05, 3.63) is 12.3 Å². The SMILES string of the molecule is O=C(C1CC1)N1CCN(c2nccc(NC3CNC3)n2)CC1. The van der Waals surface area contributed by atoms with Crippen molar-refractivity contribution < 1.29 is 4.79 Å². The molecule has 7 heteroatoms. The molecule has 7 nitrogen and oxygen atoms in total. The third-order valence-electron chi connectivity index (χ3n) is 4.58. The van der Waals surface area contributed by atoms with Crippen molar-refractivity contribution in [2.75, 3.05) is 49.5 Å². The number of hydrogen-bond acceptors (Lipinski definition) is 6. The molecule has 1 aromatic heterocycles. The Bertz CT molecular complexity index is 549. The van der Waals surface area contributed by atoms with Crippen LogP contribution < -0.4 is 15.5 Å². The van der Waals surface area contributed by atoms with Crippen molar-refractivity contribution in [2.45, 2.75) is 18.9 Å². The summed E-state index contributed by atoms with van der Waals surface area (Å²) in [5, 5.41) is 6.64. The lowest BCUT2D eigenvalue weighted by molar-refractivity contribution is -0.132. The first kappa shape index (κ1) is 13.8. The second kappa shape index (κ2) is 5.72. The van der Waals surface area contributed by atoms with E-state index in [-0.39, 0.29) is 0 Å². The van der Waals surface area contributed by atoms with Crippen LogP contribution in [-0.2, 0) is 4.79 Å². The lowest BCUT2D eigenvalue weighted by Crippen LogP contribution is -2.51. The summed E-state index contributed by atoms with van der Waals surface area (Å²) in [5.41, 5.74) is 0. The summed E-state index contributed by atoms with van der Waals surface area (Å²) in [4.78, 5) is 25.2. The minimum absolute atomic E-state index is 0.311. The molecule has 3 heterocycles. The molecule has 1 saturated carbocycles. The fraction of sp³-hybridized carbons (Fsp3) is 0.667. The van der Waals surface area contributed by atoms with E-state index in [9.17, 15) is 4.79 Å². The molecule has 3 aliphatic rings. The second-order valence-electron chi connectivity index (χ2n) is 6.33. The van der Waals surface area contributed by atoms with Crippen LogP contribution in [-0.4, -0.2) is 66.1 Å². The maximum absolute atomic E-state index is 12.1. The monoisotopic (exact) mass is 302 g/mol. The van der Waals surface area contributed by atoms with Crippen LogP contribution >= 0.6 is 0 Å². The summed E-state index contributed by atoms with van der Waals surface area (Å²) in [6.07, 6.45) is 3.95. The molecule has 0 atom stereocenters. The first-order valence-electron chi connectivity index (χ1n) is 8.13. The van der Waals surface area contributed by atoms with E-state index in [4.69, 9.17) is 0 Å². The number of nitrogens with one attached hydrogen (secondary N) is 2. The number of anilines is 2. The lowest BCUT2D eigenvalue weighted by atomic mass is 10.2. The predicted molar refractivity (Wildman–Crippen MR) is 83.8 cm³/mol. The summed E-state index contributed by atoms with van der Waals surface area (Å²) < 4.78 is 0. The maximum atomic E-state index is 12.1. The Labute approximate surface area is 130 Å². The van der Waals surface area contributed by atoms with E-state index in [2.05, 4.69) is 25.5 Å². The Morgan fingerprint density at radius 1 is 1.23 bits per heavy atom. The van der Waals surface area contributed by atoms with Crippen molar-refractivity contribution in [2.24, 2.45) is 5.92 Å². The molecule has 0 unspecified atom stereocenters. The van der Waals surface area contributed by atoms with Gasteiger partial charge in [0.15, 0.2) is 0 Å². The van der Waals surface area contributed by atoms with Crippen molar-refractivity contribution in [1.29, 1.82) is 0 Å². The van der Waals surface area contributed by atoms with Crippen molar-refractivity contribution in [3.63, 3.8) is 0 Å². The third kappa shape index (κ3) is 2.85. The average Bonchev–Trinajstić information content (AvgIpc) is 3.36. The Hall–Kier alpha value is -1.89. The largest absolute Gasteiger partial charge is 0.365 e. The van der Waals surface area contributed by atoms with Gasteiger partial charge in [-0.25, -0.2) is 4.98 Å². The van der Waals surface area contributed by atoms with Crippen LogP contribution in [0, 0.1) is 5.92 Å². The van der Waals surface area contributed by atoms with Crippen molar-refractivity contribution >= 4 is 17.7 Å². The highest BCUT2D eigenvalue weighted by Crippen LogP contribution is 2.31. The lowest BCUT2D eigenvalue weighted by Gasteiger charge is -2.35. The van der Waals surface area contributed by atoms with Gasteiger partial charge in [-0.3, -0.25) is 4.79 Å². The minimum Gasteiger partial charge on any atom is -0.365 e. The smallest absolute Gasteiger partial charge is 0.227 e. The van der Waals surface area contributed by atoms with E-state index in [0.717, 1.165) is 63.9 Å². The molecule has 0 spiro atoms. The quantitative estimate of drug-likeness (QED) is 0.810. The van der Waals surface area contributed by atoms with Crippen LogP contribution in [0.4, 0.5) is 11.8 Å². The van der Waals surface area contributed by atoms with Gasteiger partial charge in [-0.05, 0) is 18.9 Å². The molecule has 4 rings (SSSR count). The van der Waals surface area contributed by atoms with Crippen LogP contribution in [0.5, 0.6) is 0 Å². The number of rotatable bonds is 4. The molecule has 2 N–H and O–H groups in total. The molecule has 22 heavy (non-hydrogen) atoms. The molecule has 1 aliphatic carbocycles. The zero-order chi connectivity index (χ0) is 14.9. The van der Waals surface area contributed by atoms with Gasteiger partial charge in [0.1, 0.15) is 5.82 Å². The van der Waals surface area contributed by atoms with E-state index >= 15 is 0 Å². The first-order valence-corrected chi connectivity index (χ1v) is 8.13. The normalized spacial score (nSPS) is 22.4. The maximum Gasteiger partial charge on any atom is 0.227 e. The Kier molecular flexibility index (Phi) is 3.57. The molecule has 0 aromatic carbocycles. The van der Waals surface area contributed by atoms with Gasteiger partial charge in [0.05, 0.1) is 6.04 Å². The molecular formula is C15H22N6O. The van der Waals surface area contributed by atoms with Gasteiger partial charge in [0.25, 0.3) is 0 Å². The standard InChI is InChI=1S/C15H22N6O/c22-14(11-1-2-11)20-5-7-21(8-6-20)15-17-4-3-13(19-15)18-12-9-16-10-12/h3-4,11-12,16H,1-2,5-10H2,(H,17,18,19). The Balaban J connectivity index is 1.36. The fourth-order valence-electron chi connectivity index (χ4n) is 2.90. The van der Waals surface area contributed by atoms with Crippen LogP contribution in [0.3, 0.4) is 0 Å². The average molecular weight is 302 g/mol. The van der Waals surface area contributed by atoms with E-state index in [1.54, 1.807) is 6.20 Å². The van der Waals surface area contributed by atoms with Gasteiger partial charge in [0.2, 0.25) is 11.9 Å². The molecule has 0 bridgehead atoms. The fourth-order valence-corrected chi connectivity index (χ4v) is 2.90. The summed E-state index contributed by atoms with van der Waals surface area (Å²) in [5.74, 6) is 2.30. The molecule has 1 aromatic rings. The summed E-state index contributed by atoms with van der Waals surface area (Å²) in [7, 11) is 0. The van der Waals surface area contributed by atoms with Crippen LogP contribution in [0.15, 0.2) is 12.3 Å². The van der Waals surface area contributed by atoms with E-state index in [1.165, 1.54) is 0 Å². The van der Waals surface area contributed by atoms with Gasteiger partial charge < -0.3 is 20.4 Å². The molecule has 2 saturated heterocycles. The van der Waals surface area contributed by atoms with E-state index in [1.807, 2.05) is 11.0 Å². The summed E-state index contributed by atoms with van der Waals surface area (Å²) in [6, 6.07) is 2.38. The first-order chi connectivity index (χ1) is 10.8. The highest BCUT2D eigenvalue weighted by molar-refractivity contribution is 5.81. The zero-order valence-electron chi connectivity index (χ0n) is 12.7. The van der Waals surface area contributed by atoms with Crippen LogP contribution in [0.1, 0.15) is 12.8 Å². The van der Waals surface area contributed by atoms with Gasteiger partial charge in [-0.2, -0.15) is 4.98 Å². The molecule has 1 amide bonds. The van der Waals surface area contributed by atoms with Gasteiger partial charge in [-0.15, -0.1) is 0 Å². The van der Waals surface area contributed by atoms with Gasteiger partial charge >= 0.3 is 0 Å². The van der Waals surface area contributed by atoms with Crippen LogP contribution in [0.2, 0.25) is 0 Å². The van der Waals surface area contributed by atoms with Crippen molar-refractivity contribution in [1.82, 2.24) is 20.2 Å². The third-order valence-corrected chi connectivity index (χ3v) is 4.58. The van der Waals surface area contributed by atoms with E-state index < -0.39 is 0 Å². The number of piperazine rings is 1. The molecule has 118 valence electrons. The highest BCUT2D eigenvalue weighted by atomic mass is 16.2. The number of nitrogens with zero attached hydrogens (tertiary/aromatic N) is 4. The molecular weight excluding hydrogens is 280 g/mol. The topological polar surface area (TPSA) is 73.4 Å². The predicted octanol–water partition coefficient (Wildman–Crippen LogP) is -0.0811. The molecule has 2 aliphatic heterocycles. The Morgan fingerprint density at radius 3 is 2.64 bits per heavy atom. The zero-order valence-corrected chi connectivity index (χ0v) is 12.7. The number of amides is 1. The van der Waals surface area contributed by atoms with Crippen molar-refractivity contribution in [3.8, 4) is 0 Å². The molecule has 3 fully saturated rings. The summed E-state index contributed by atoms with van der Waals surface area (Å²) in [6.45, 7) is 5.16. The number of aromatic nitrogens is 2. The number of carbonyl (C=O) groups excluding carboxylic acids is 1. The Morgan fingerprint density at radius 2 is 2.00 bits per heavy atom. The highest BCUT2D eigenvalue weighted by Gasteiger charge is 2.34. The van der Waals surface area contributed by atoms with Gasteiger partial charge in [0, 0.05) is 51.4 Å². The number of hydrogen-bond donors (Lipinski definition) is 2. The van der Waals surface area contributed by atoms with Gasteiger partial charge in [-0.1, -0.05) is 0 Å². The second-order valence-corrected chi connectivity index (χ2v) is 6.33.